The van der Waals surface area contributed by atoms with Crippen LogP contribution in [-0.4, -0.2) is 31.1 Å². The van der Waals surface area contributed by atoms with E-state index in [-0.39, 0.29) is 18.0 Å². The number of piperazine rings is 1. The Hall–Kier alpha value is -1.08. The van der Waals surface area contributed by atoms with Crippen LogP contribution in [0.1, 0.15) is 16.5 Å². The summed E-state index contributed by atoms with van der Waals surface area (Å²) >= 11 is 1.45. The Morgan fingerprint density at radius 1 is 1.09 bits per heavy atom. The molecule has 0 radical (unpaired) electrons. The van der Waals surface area contributed by atoms with E-state index >= 15 is 0 Å². The van der Waals surface area contributed by atoms with Crippen LogP contribution >= 0.6 is 23.7 Å². The van der Waals surface area contributed by atoms with E-state index in [0.29, 0.717) is 13.1 Å². The van der Waals surface area contributed by atoms with Crippen LogP contribution in [0.5, 0.6) is 0 Å². The Balaban J connectivity index is 0.00000176. The molecule has 7 heteroatoms. The normalized spacial score (nSPS) is 17.0. The van der Waals surface area contributed by atoms with Gasteiger partial charge in [0.2, 0.25) is 0 Å². The van der Waals surface area contributed by atoms with Crippen molar-refractivity contribution in [3.8, 4) is 0 Å². The highest BCUT2D eigenvalue weighted by Gasteiger charge is 2.30. The highest BCUT2D eigenvalue weighted by Crippen LogP contribution is 2.35. The molecule has 22 heavy (non-hydrogen) atoms. The molecule has 1 saturated heterocycles. The third-order valence-electron chi connectivity index (χ3n) is 3.65. The zero-order valence-corrected chi connectivity index (χ0v) is 13.3. The van der Waals surface area contributed by atoms with Crippen LogP contribution in [0, 0.1) is 17.5 Å². The fourth-order valence-electron chi connectivity index (χ4n) is 2.71. The molecular weight excluding hydrogens is 333 g/mol. The molecule has 1 N–H and O–H groups in total. The summed E-state index contributed by atoms with van der Waals surface area (Å²) in [6, 6.07) is 4.71. The lowest BCUT2D eigenvalue weighted by Gasteiger charge is -2.35. The monoisotopic (exact) mass is 348 g/mol. The lowest BCUT2D eigenvalue weighted by Crippen LogP contribution is -2.45. The van der Waals surface area contributed by atoms with Gasteiger partial charge in [0.25, 0.3) is 0 Å². The van der Waals surface area contributed by atoms with Crippen LogP contribution < -0.4 is 5.32 Å². The minimum Gasteiger partial charge on any atom is -0.314 e. The van der Waals surface area contributed by atoms with Crippen molar-refractivity contribution in [1.29, 1.82) is 0 Å². The second-order valence-corrected chi connectivity index (χ2v) is 5.97. The van der Waals surface area contributed by atoms with Crippen LogP contribution in [0.25, 0.3) is 0 Å². The molecule has 1 aliphatic heterocycles. The van der Waals surface area contributed by atoms with Crippen LogP contribution in [0.3, 0.4) is 0 Å². The Morgan fingerprint density at radius 2 is 1.73 bits per heavy atom. The average molecular weight is 349 g/mol. The molecule has 1 fully saturated rings. The summed E-state index contributed by atoms with van der Waals surface area (Å²) in [7, 11) is 0. The first kappa shape index (κ1) is 17.3. The summed E-state index contributed by atoms with van der Waals surface area (Å²) in [6.07, 6.45) is 0. The van der Waals surface area contributed by atoms with Gasteiger partial charge in [0, 0.05) is 48.8 Å². The van der Waals surface area contributed by atoms with Gasteiger partial charge < -0.3 is 5.32 Å². The van der Waals surface area contributed by atoms with Crippen molar-refractivity contribution in [2.75, 3.05) is 26.2 Å². The van der Waals surface area contributed by atoms with E-state index in [1.54, 1.807) is 0 Å². The zero-order chi connectivity index (χ0) is 14.8. The molecule has 0 bridgehead atoms. The van der Waals surface area contributed by atoms with Gasteiger partial charge in [0.05, 0.1) is 6.04 Å². The molecule has 0 amide bonds. The van der Waals surface area contributed by atoms with Crippen molar-refractivity contribution in [3.05, 3.63) is 57.5 Å². The number of hydrogen-bond donors (Lipinski definition) is 1. The second-order valence-electron chi connectivity index (χ2n) is 4.99. The van der Waals surface area contributed by atoms with Crippen LogP contribution in [-0.2, 0) is 0 Å². The smallest absolute Gasteiger partial charge is 0.134 e. The molecular formula is C15H16ClF3N2S. The van der Waals surface area contributed by atoms with E-state index < -0.39 is 23.5 Å². The van der Waals surface area contributed by atoms with E-state index in [9.17, 15) is 13.2 Å². The molecule has 120 valence electrons. The van der Waals surface area contributed by atoms with E-state index in [1.807, 2.05) is 22.4 Å². The predicted octanol–water partition coefficient (Wildman–Crippen LogP) is 3.58. The first-order chi connectivity index (χ1) is 10.2. The third-order valence-corrected chi connectivity index (χ3v) is 4.57. The lowest BCUT2D eigenvalue weighted by atomic mass is 10.0. The van der Waals surface area contributed by atoms with E-state index in [4.69, 9.17) is 0 Å². The number of halogens is 4. The molecule has 0 saturated carbocycles. The second kappa shape index (κ2) is 7.46. The predicted molar refractivity (Wildman–Crippen MR) is 84.2 cm³/mol. The topological polar surface area (TPSA) is 15.3 Å². The quantitative estimate of drug-likeness (QED) is 0.912. The minimum absolute atomic E-state index is 0. The van der Waals surface area contributed by atoms with E-state index in [0.717, 1.165) is 30.1 Å². The molecule has 0 aliphatic carbocycles. The maximum atomic E-state index is 14.2. The zero-order valence-electron chi connectivity index (χ0n) is 11.7. The maximum Gasteiger partial charge on any atom is 0.134 e. The molecule has 2 nitrogen and oxygen atoms in total. The summed E-state index contributed by atoms with van der Waals surface area (Å²) in [6.45, 7) is 2.93. The third kappa shape index (κ3) is 3.46. The Morgan fingerprint density at radius 3 is 2.27 bits per heavy atom. The van der Waals surface area contributed by atoms with E-state index in [1.165, 1.54) is 11.3 Å². The number of rotatable bonds is 3. The minimum atomic E-state index is -0.890. The van der Waals surface area contributed by atoms with Gasteiger partial charge in [0.15, 0.2) is 0 Å². The average Bonchev–Trinajstić information content (AvgIpc) is 2.97. The fraction of sp³-hybridized carbons (Fsp3) is 0.333. The number of thiophene rings is 1. The van der Waals surface area contributed by atoms with Crippen molar-refractivity contribution in [1.82, 2.24) is 10.2 Å². The van der Waals surface area contributed by atoms with Crippen molar-refractivity contribution in [3.63, 3.8) is 0 Å². The van der Waals surface area contributed by atoms with Gasteiger partial charge in [0.1, 0.15) is 17.5 Å². The van der Waals surface area contributed by atoms with Gasteiger partial charge in [-0.1, -0.05) is 6.07 Å². The maximum absolute atomic E-state index is 14.2. The number of nitrogens with zero attached hydrogens (tertiary/aromatic N) is 1. The molecule has 3 rings (SSSR count). The Bertz CT molecular complexity index is 592. The van der Waals surface area contributed by atoms with Crippen LogP contribution in [0.15, 0.2) is 29.6 Å². The largest absolute Gasteiger partial charge is 0.314 e. The summed E-state index contributed by atoms with van der Waals surface area (Å²) in [5.74, 6) is -2.55. The van der Waals surface area contributed by atoms with Gasteiger partial charge >= 0.3 is 0 Å². The van der Waals surface area contributed by atoms with Gasteiger partial charge in [-0.2, -0.15) is 0 Å². The van der Waals surface area contributed by atoms with Gasteiger partial charge in [-0.05, 0) is 11.4 Å². The molecule has 1 aliphatic rings. The van der Waals surface area contributed by atoms with Crippen molar-refractivity contribution in [2.24, 2.45) is 0 Å². The SMILES string of the molecule is Cl.Fc1cc(F)c([C@@H](c2cccs2)N2CCNCC2)c(F)c1. The molecule has 1 atom stereocenters. The summed E-state index contributed by atoms with van der Waals surface area (Å²) in [5.41, 5.74) is -0.0688. The molecule has 0 unspecified atom stereocenters. The molecule has 0 spiro atoms. The molecule has 1 aromatic carbocycles. The first-order valence-corrected chi connectivity index (χ1v) is 7.67. The fourth-order valence-corrected chi connectivity index (χ4v) is 3.57. The highest BCUT2D eigenvalue weighted by molar-refractivity contribution is 7.10. The molecule has 2 aromatic rings. The number of hydrogen-bond acceptors (Lipinski definition) is 3. The first-order valence-electron chi connectivity index (χ1n) is 6.79. The summed E-state index contributed by atoms with van der Waals surface area (Å²) in [4.78, 5) is 2.89. The van der Waals surface area contributed by atoms with Gasteiger partial charge in [-0.15, -0.1) is 23.7 Å². The van der Waals surface area contributed by atoms with Crippen molar-refractivity contribution in [2.45, 2.75) is 6.04 Å². The Kier molecular flexibility index (Phi) is 5.86. The van der Waals surface area contributed by atoms with Crippen molar-refractivity contribution >= 4 is 23.7 Å². The van der Waals surface area contributed by atoms with Gasteiger partial charge in [-0.3, -0.25) is 4.90 Å². The number of benzene rings is 1. The van der Waals surface area contributed by atoms with Crippen LogP contribution in [0.4, 0.5) is 13.2 Å². The summed E-state index contributed by atoms with van der Waals surface area (Å²) < 4.78 is 41.5. The van der Waals surface area contributed by atoms with E-state index in [2.05, 4.69) is 5.32 Å². The molecule has 1 aromatic heterocycles. The number of nitrogens with one attached hydrogen (secondary N) is 1. The standard InChI is InChI=1S/C15H15F3N2S.ClH/c16-10-8-11(17)14(12(18)9-10)15(13-2-1-7-21-13)20-5-3-19-4-6-20;/h1-2,7-9,15,19H,3-6H2;1H/t15-;/m1./s1. The van der Waals surface area contributed by atoms with Crippen molar-refractivity contribution < 1.29 is 13.2 Å². The Labute approximate surface area is 137 Å². The van der Waals surface area contributed by atoms with Gasteiger partial charge in [-0.25, -0.2) is 13.2 Å². The lowest BCUT2D eigenvalue weighted by molar-refractivity contribution is 0.194. The highest BCUT2D eigenvalue weighted by atomic mass is 35.5. The molecule has 2 heterocycles. The van der Waals surface area contributed by atoms with Crippen LogP contribution in [0.2, 0.25) is 0 Å². The summed E-state index contributed by atoms with van der Waals surface area (Å²) in [5, 5.41) is 5.10.